The van der Waals surface area contributed by atoms with Gasteiger partial charge in [0, 0.05) is 13.7 Å². The minimum atomic E-state index is -0.668. The molecule has 1 atom stereocenters. The molecule has 0 saturated carbocycles. The molecule has 0 radical (unpaired) electrons. The van der Waals surface area contributed by atoms with Gasteiger partial charge in [0.1, 0.15) is 12.7 Å². The topological polar surface area (TPSA) is 60.0 Å². The first kappa shape index (κ1) is 16.2. The zero-order valence-electron chi connectivity index (χ0n) is 11.4. The van der Waals surface area contributed by atoms with E-state index in [1.165, 1.54) is 7.11 Å². The van der Waals surface area contributed by atoms with Crippen LogP contribution < -0.4 is 14.8 Å². The fourth-order valence-corrected chi connectivity index (χ4v) is 2.24. The number of aliphatic hydroxyl groups excluding tert-OH is 1. The second-order valence-electron chi connectivity index (χ2n) is 4.06. The van der Waals surface area contributed by atoms with E-state index in [0.717, 1.165) is 16.6 Å². The van der Waals surface area contributed by atoms with Crippen LogP contribution in [0.15, 0.2) is 16.6 Å². The molecule has 1 aromatic carbocycles. The van der Waals surface area contributed by atoms with Gasteiger partial charge in [-0.15, -0.1) is 0 Å². The molecule has 2 N–H and O–H groups in total. The molecule has 0 aromatic heterocycles. The van der Waals surface area contributed by atoms with E-state index < -0.39 is 6.10 Å². The van der Waals surface area contributed by atoms with Gasteiger partial charge in [-0.1, -0.05) is 0 Å². The highest BCUT2D eigenvalue weighted by atomic mass is 79.9. The fourth-order valence-electron chi connectivity index (χ4n) is 1.64. The number of hydrogen-bond donors (Lipinski definition) is 2. The second-order valence-corrected chi connectivity index (χ2v) is 4.91. The third-order valence-electron chi connectivity index (χ3n) is 2.45. The van der Waals surface area contributed by atoms with E-state index in [4.69, 9.17) is 14.2 Å². The molecule has 0 bridgehead atoms. The zero-order valence-corrected chi connectivity index (χ0v) is 13.0. The molecule has 19 heavy (non-hydrogen) atoms. The highest BCUT2D eigenvalue weighted by molar-refractivity contribution is 9.10. The standard InChI is InChI=1S/C13H20BrNO4/c1-15-6-9-4-11(14)13(12(5-9)18-3)19-8-10(16)7-17-2/h4-5,10,15-16H,6-8H2,1-3H3. The minimum absolute atomic E-state index is 0.147. The Morgan fingerprint density at radius 2 is 2.05 bits per heavy atom. The van der Waals surface area contributed by atoms with E-state index in [-0.39, 0.29) is 13.2 Å². The van der Waals surface area contributed by atoms with Gasteiger partial charge in [0.15, 0.2) is 11.5 Å². The molecule has 0 heterocycles. The van der Waals surface area contributed by atoms with Crippen LogP contribution in [0.1, 0.15) is 5.56 Å². The third kappa shape index (κ3) is 4.99. The summed E-state index contributed by atoms with van der Waals surface area (Å²) in [5, 5.41) is 12.7. The van der Waals surface area contributed by atoms with Crippen LogP contribution in [-0.4, -0.2) is 45.7 Å². The maximum Gasteiger partial charge on any atom is 0.175 e. The second kappa shape index (κ2) is 8.37. The highest BCUT2D eigenvalue weighted by Gasteiger charge is 2.13. The van der Waals surface area contributed by atoms with Crippen LogP contribution >= 0.6 is 15.9 Å². The van der Waals surface area contributed by atoms with Crippen molar-refractivity contribution in [1.82, 2.24) is 5.32 Å². The average molecular weight is 334 g/mol. The first-order chi connectivity index (χ1) is 9.12. The molecular formula is C13H20BrNO4. The van der Waals surface area contributed by atoms with Crippen molar-refractivity contribution in [3.8, 4) is 11.5 Å². The lowest BCUT2D eigenvalue weighted by Crippen LogP contribution is -2.22. The number of benzene rings is 1. The molecule has 1 aromatic rings. The van der Waals surface area contributed by atoms with Crippen LogP contribution in [0.25, 0.3) is 0 Å². The molecule has 1 rings (SSSR count). The number of hydrogen-bond acceptors (Lipinski definition) is 5. The number of nitrogens with one attached hydrogen (secondary N) is 1. The molecule has 0 saturated heterocycles. The number of halogens is 1. The third-order valence-corrected chi connectivity index (χ3v) is 3.04. The molecular weight excluding hydrogens is 314 g/mol. The van der Waals surface area contributed by atoms with Crippen molar-refractivity contribution in [3.63, 3.8) is 0 Å². The Bertz CT molecular complexity index is 400. The average Bonchev–Trinajstić information content (AvgIpc) is 2.37. The summed E-state index contributed by atoms with van der Waals surface area (Å²) < 4.78 is 16.5. The van der Waals surface area contributed by atoms with Gasteiger partial charge in [0.25, 0.3) is 0 Å². The minimum Gasteiger partial charge on any atom is -0.493 e. The quantitative estimate of drug-likeness (QED) is 0.756. The van der Waals surface area contributed by atoms with Crippen molar-refractivity contribution < 1.29 is 19.3 Å². The van der Waals surface area contributed by atoms with Crippen molar-refractivity contribution in [1.29, 1.82) is 0 Å². The maximum atomic E-state index is 9.59. The molecule has 0 fully saturated rings. The molecule has 0 aliphatic heterocycles. The van der Waals surface area contributed by atoms with Crippen LogP contribution in [0.3, 0.4) is 0 Å². The lowest BCUT2D eigenvalue weighted by atomic mass is 10.2. The molecule has 0 spiro atoms. The molecule has 6 heteroatoms. The number of methoxy groups -OCH3 is 2. The van der Waals surface area contributed by atoms with E-state index in [0.29, 0.717) is 11.5 Å². The van der Waals surface area contributed by atoms with Crippen LogP contribution in [0.5, 0.6) is 11.5 Å². The van der Waals surface area contributed by atoms with E-state index in [1.807, 2.05) is 19.2 Å². The molecule has 0 amide bonds. The predicted molar refractivity (Wildman–Crippen MR) is 76.8 cm³/mol. The number of ether oxygens (including phenoxy) is 3. The van der Waals surface area contributed by atoms with Crippen LogP contribution in [-0.2, 0) is 11.3 Å². The summed E-state index contributed by atoms with van der Waals surface area (Å²) >= 11 is 3.45. The Hall–Kier alpha value is -0.820. The normalized spacial score (nSPS) is 12.3. The number of aliphatic hydroxyl groups is 1. The van der Waals surface area contributed by atoms with E-state index in [9.17, 15) is 5.11 Å². The largest absolute Gasteiger partial charge is 0.493 e. The molecule has 5 nitrogen and oxygen atoms in total. The van der Waals surface area contributed by atoms with Crippen molar-refractivity contribution >= 4 is 15.9 Å². The Balaban J connectivity index is 2.81. The lowest BCUT2D eigenvalue weighted by Gasteiger charge is -2.16. The number of rotatable bonds is 8. The highest BCUT2D eigenvalue weighted by Crippen LogP contribution is 2.36. The summed E-state index contributed by atoms with van der Waals surface area (Å²) in [4.78, 5) is 0. The van der Waals surface area contributed by atoms with Crippen LogP contribution in [0.2, 0.25) is 0 Å². The van der Waals surface area contributed by atoms with E-state index >= 15 is 0 Å². The van der Waals surface area contributed by atoms with E-state index in [1.54, 1.807) is 7.11 Å². The SMILES string of the molecule is CNCc1cc(Br)c(OCC(O)COC)c(OC)c1. The summed E-state index contributed by atoms with van der Waals surface area (Å²) in [6, 6.07) is 3.86. The lowest BCUT2D eigenvalue weighted by molar-refractivity contribution is 0.0317. The Kier molecular flexibility index (Phi) is 7.15. The van der Waals surface area contributed by atoms with Gasteiger partial charge in [-0.25, -0.2) is 0 Å². The summed E-state index contributed by atoms with van der Waals surface area (Å²) in [5.41, 5.74) is 1.08. The van der Waals surface area contributed by atoms with Gasteiger partial charge in [-0.2, -0.15) is 0 Å². The Labute approximate surface area is 122 Å². The van der Waals surface area contributed by atoms with Crippen molar-refractivity contribution in [2.75, 3.05) is 34.5 Å². The van der Waals surface area contributed by atoms with Crippen molar-refractivity contribution in [3.05, 3.63) is 22.2 Å². The Morgan fingerprint density at radius 3 is 2.63 bits per heavy atom. The van der Waals surface area contributed by atoms with Crippen LogP contribution in [0, 0.1) is 0 Å². The molecule has 1 unspecified atom stereocenters. The summed E-state index contributed by atoms with van der Waals surface area (Å²) in [5.74, 6) is 1.21. The summed E-state index contributed by atoms with van der Waals surface area (Å²) in [6.45, 7) is 1.12. The molecule has 0 aliphatic carbocycles. The van der Waals surface area contributed by atoms with Gasteiger partial charge in [-0.05, 0) is 40.7 Å². The van der Waals surface area contributed by atoms with Crippen molar-refractivity contribution in [2.45, 2.75) is 12.6 Å². The maximum absolute atomic E-state index is 9.59. The van der Waals surface area contributed by atoms with Crippen LogP contribution in [0.4, 0.5) is 0 Å². The first-order valence-corrected chi connectivity index (χ1v) is 6.72. The molecule has 0 aliphatic rings. The fraction of sp³-hybridized carbons (Fsp3) is 0.538. The first-order valence-electron chi connectivity index (χ1n) is 5.93. The summed E-state index contributed by atoms with van der Waals surface area (Å²) in [6.07, 6.45) is -0.668. The summed E-state index contributed by atoms with van der Waals surface area (Å²) in [7, 11) is 5.00. The van der Waals surface area contributed by atoms with Gasteiger partial charge < -0.3 is 24.6 Å². The van der Waals surface area contributed by atoms with Gasteiger partial charge in [-0.3, -0.25) is 0 Å². The predicted octanol–water partition coefficient (Wildman–Crippen LogP) is 1.56. The monoisotopic (exact) mass is 333 g/mol. The van der Waals surface area contributed by atoms with Gasteiger partial charge in [0.2, 0.25) is 0 Å². The molecule has 108 valence electrons. The van der Waals surface area contributed by atoms with Crippen molar-refractivity contribution in [2.24, 2.45) is 0 Å². The zero-order chi connectivity index (χ0) is 14.3. The van der Waals surface area contributed by atoms with E-state index in [2.05, 4.69) is 21.2 Å². The van der Waals surface area contributed by atoms with Gasteiger partial charge in [0.05, 0.1) is 18.2 Å². The smallest absolute Gasteiger partial charge is 0.175 e. The Morgan fingerprint density at radius 1 is 1.32 bits per heavy atom. The van der Waals surface area contributed by atoms with Gasteiger partial charge >= 0.3 is 0 Å².